The highest BCUT2D eigenvalue weighted by molar-refractivity contribution is 7.81. The van der Waals surface area contributed by atoms with E-state index >= 15 is 0 Å². The third kappa shape index (κ3) is 5.29. The summed E-state index contributed by atoms with van der Waals surface area (Å²) in [5.74, 6) is 16.8. The van der Waals surface area contributed by atoms with Gasteiger partial charge in [-0.25, -0.2) is 15.0 Å². The summed E-state index contributed by atoms with van der Waals surface area (Å²) >= 11 is 4.56. The molecule has 1 aromatic rings. The van der Waals surface area contributed by atoms with E-state index in [1.54, 1.807) is 13.0 Å². The summed E-state index contributed by atoms with van der Waals surface area (Å²) in [6, 6.07) is 0. The molecular formula is C25H23N3S. The first-order valence-corrected chi connectivity index (χ1v) is 10.2. The Morgan fingerprint density at radius 2 is 2.17 bits per heavy atom. The van der Waals surface area contributed by atoms with Crippen LogP contribution >= 0.6 is 12.6 Å². The molecule has 2 aliphatic rings. The lowest BCUT2D eigenvalue weighted by molar-refractivity contribution is 0.704. The van der Waals surface area contributed by atoms with Crippen molar-refractivity contribution in [2.75, 3.05) is 0 Å². The van der Waals surface area contributed by atoms with E-state index in [-0.39, 0.29) is 17.1 Å². The molecule has 3 atom stereocenters. The van der Waals surface area contributed by atoms with Crippen LogP contribution in [0.2, 0.25) is 0 Å². The number of terminal acetylenes is 1. The second-order valence-corrected chi connectivity index (χ2v) is 7.63. The maximum atomic E-state index is 5.73. The van der Waals surface area contributed by atoms with E-state index in [1.807, 2.05) is 12.2 Å². The number of rotatable bonds is 4. The SMILES string of the molecule is C#C/C(=C\C#CC)c1nc(C2C=CC=CC2)nc([C@H](C)C2=CCC(S)CC#C2)n1. The van der Waals surface area contributed by atoms with Crippen LogP contribution in [0, 0.1) is 36.0 Å². The van der Waals surface area contributed by atoms with Crippen LogP contribution in [0.4, 0.5) is 0 Å². The van der Waals surface area contributed by atoms with Crippen LogP contribution in [-0.2, 0) is 0 Å². The van der Waals surface area contributed by atoms with Gasteiger partial charge in [0.1, 0.15) is 11.6 Å². The fourth-order valence-electron chi connectivity index (χ4n) is 3.07. The van der Waals surface area contributed by atoms with Gasteiger partial charge in [0, 0.05) is 35.2 Å². The molecular weight excluding hydrogens is 374 g/mol. The van der Waals surface area contributed by atoms with Crippen molar-refractivity contribution in [3.63, 3.8) is 0 Å². The van der Waals surface area contributed by atoms with Crippen LogP contribution < -0.4 is 0 Å². The summed E-state index contributed by atoms with van der Waals surface area (Å²) in [7, 11) is 0. The molecule has 2 unspecified atom stereocenters. The summed E-state index contributed by atoms with van der Waals surface area (Å²) in [4.78, 5) is 14.2. The largest absolute Gasteiger partial charge is 0.217 e. The average molecular weight is 398 g/mol. The molecule has 0 saturated carbocycles. The predicted octanol–water partition coefficient (Wildman–Crippen LogP) is 4.64. The first-order chi connectivity index (χ1) is 14.1. The van der Waals surface area contributed by atoms with Crippen molar-refractivity contribution in [1.82, 2.24) is 15.0 Å². The summed E-state index contributed by atoms with van der Waals surface area (Å²) < 4.78 is 0. The Balaban J connectivity index is 2.07. The Kier molecular flexibility index (Phi) is 7.13. The molecule has 1 heterocycles. The molecule has 3 nitrogen and oxygen atoms in total. The van der Waals surface area contributed by atoms with Crippen molar-refractivity contribution in [2.45, 2.75) is 50.2 Å². The second kappa shape index (κ2) is 9.97. The van der Waals surface area contributed by atoms with Gasteiger partial charge in [-0.2, -0.15) is 12.6 Å². The van der Waals surface area contributed by atoms with Crippen molar-refractivity contribution in [3.05, 3.63) is 59.5 Å². The molecule has 144 valence electrons. The van der Waals surface area contributed by atoms with E-state index in [4.69, 9.17) is 16.4 Å². The van der Waals surface area contributed by atoms with Gasteiger partial charge in [0.05, 0.1) is 5.57 Å². The number of allylic oxidation sites excluding steroid dienone is 8. The summed E-state index contributed by atoms with van der Waals surface area (Å²) in [5.41, 5.74) is 1.58. The molecule has 0 radical (unpaired) electrons. The molecule has 4 heteroatoms. The van der Waals surface area contributed by atoms with Crippen LogP contribution in [-0.4, -0.2) is 20.2 Å². The van der Waals surface area contributed by atoms with E-state index < -0.39 is 0 Å². The molecule has 0 aliphatic heterocycles. The van der Waals surface area contributed by atoms with Crippen molar-refractivity contribution in [1.29, 1.82) is 0 Å². The number of hydrogen-bond acceptors (Lipinski definition) is 4. The molecule has 0 amide bonds. The minimum absolute atomic E-state index is 0.0546. The lowest BCUT2D eigenvalue weighted by Gasteiger charge is -2.16. The van der Waals surface area contributed by atoms with E-state index in [2.05, 4.69) is 72.4 Å². The molecule has 0 N–H and O–H groups in total. The Hall–Kier alpha value is -3.00. The van der Waals surface area contributed by atoms with Gasteiger partial charge in [0.2, 0.25) is 0 Å². The normalized spacial score (nSPS) is 21.6. The van der Waals surface area contributed by atoms with E-state index in [0.717, 1.165) is 30.7 Å². The number of nitrogens with zero attached hydrogens (tertiary/aromatic N) is 3. The summed E-state index contributed by atoms with van der Waals surface area (Å²) in [5, 5.41) is 0.263. The Morgan fingerprint density at radius 3 is 2.90 bits per heavy atom. The van der Waals surface area contributed by atoms with E-state index in [1.165, 1.54) is 0 Å². The topological polar surface area (TPSA) is 38.7 Å². The highest BCUT2D eigenvalue weighted by Gasteiger charge is 2.21. The van der Waals surface area contributed by atoms with Crippen LogP contribution in [0.3, 0.4) is 0 Å². The molecule has 2 aliphatic carbocycles. The monoisotopic (exact) mass is 397 g/mol. The van der Waals surface area contributed by atoms with Gasteiger partial charge in [0.25, 0.3) is 0 Å². The van der Waals surface area contributed by atoms with Gasteiger partial charge in [-0.3, -0.25) is 0 Å². The van der Waals surface area contributed by atoms with Gasteiger partial charge in [0.15, 0.2) is 5.82 Å². The Labute approximate surface area is 179 Å². The molecule has 0 fully saturated rings. The Bertz CT molecular complexity index is 1060. The van der Waals surface area contributed by atoms with E-state index in [0.29, 0.717) is 17.2 Å². The molecule has 0 spiro atoms. The molecule has 1 aromatic heterocycles. The standard InChI is InChI=1S/C25H23N3S/c1-4-6-11-19(5-2)24-26-23(18(3)20-14-10-15-22(29)17-16-20)27-25(28-24)21-12-8-7-9-13-21/h2,7-9,11-12,16,18,21-22,29H,13,15,17H2,1,3H3/b19-11+/t18-,21?,22?/m1/s1. The number of hydrogen-bond donors (Lipinski definition) is 1. The van der Waals surface area contributed by atoms with Crippen molar-refractivity contribution in [3.8, 4) is 36.0 Å². The Morgan fingerprint density at radius 1 is 1.31 bits per heavy atom. The van der Waals surface area contributed by atoms with Crippen LogP contribution in [0.5, 0.6) is 0 Å². The quantitative estimate of drug-likeness (QED) is 0.594. The molecule has 3 rings (SSSR count). The summed E-state index contributed by atoms with van der Waals surface area (Å²) in [6.45, 7) is 3.84. The minimum atomic E-state index is -0.0546. The molecule has 0 bridgehead atoms. The van der Waals surface area contributed by atoms with Crippen LogP contribution in [0.25, 0.3) is 5.57 Å². The van der Waals surface area contributed by atoms with Gasteiger partial charge >= 0.3 is 0 Å². The smallest absolute Gasteiger partial charge is 0.172 e. The van der Waals surface area contributed by atoms with Crippen molar-refractivity contribution >= 4 is 18.2 Å². The lowest BCUT2D eigenvalue weighted by atomic mass is 9.97. The second-order valence-electron chi connectivity index (χ2n) is 6.90. The van der Waals surface area contributed by atoms with Crippen LogP contribution in [0.1, 0.15) is 62.4 Å². The lowest BCUT2D eigenvalue weighted by Crippen LogP contribution is -2.13. The maximum absolute atomic E-state index is 5.73. The molecule has 0 aromatic carbocycles. The van der Waals surface area contributed by atoms with Gasteiger partial charge in [-0.15, -0.1) is 12.3 Å². The van der Waals surface area contributed by atoms with Gasteiger partial charge in [-0.1, -0.05) is 61.0 Å². The van der Waals surface area contributed by atoms with Crippen LogP contribution in [0.15, 0.2) is 42.0 Å². The zero-order chi connectivity index (χ0) is 20.6. The zero-order valence-electron chi connectivity index (χ0n) is 16.7. The highest BCUT2D eigenvalue weighted by Crippen LogP contribution is 2.28. The first kappa shape index (κ1) is 20.7. The number of aromatic nitrogens is 3. The fourth-order valence-corrected chi connectivity index (χ4v) is 3.27. The first-order valence-electron chi connectivity index (χ1n) is 9.68. The third-order valence-corrected chi connectivity index (χ3v) is 5.17. The van der Waals surface area contributed by atoms with Gasteiger partial charge in [-0.05, 0) is 19.8 Å². The van der Waals surface area contributed by atoms with E-state index in [9.17, 15) is 0 Å². The highest BCUT2D eigenvalue weighted by atomic mass is 32.1. The van der Waals surface area contributed by atoms with Gasteiger partial charge < -0.3 is 0 Å². The molecule has 0 saturated heterocycles. The maximum Gasteiger partial charge on any atom is 0.172 e. The average Bonchev–Trinajstić information content (AvgIpc) is 2.98. The minimum Gasteiger partial charge on any atom is -0.217 e. The van der Waals surface area contributed by atoms with Crippen molar-refractivity contribution < 1.29 is 0 Å². The van der Waals surface area contributed by atoms with Crippen molar-refractivity contribution in [2.24, 2.45) is 0 Å². The predicted molar refractivity (Wildman–Crippen MR) is 122 cm³/mol. The zero-order valence-corrected chi connectivity index (χ0v) is 17.6. The third-order valence-electron chi connectivity index (χ3n) is 4.77. The summed E-state index contributed by atoms with van der Waals surface area (Å²) in [6.07, 6.45) is 20.3. The fraction of sp³-hybridized carbons (Fsp3) is 0.320. The number of thiol groups is 1. The molecule has 29 heavy (non-hydrogen) atoms.